The predicted octanol–water partition coefficient (Wildman–Crippen LogP) is 1.30. The molecule has 0 radical (unpaired) electrons. The highest BCUT2D eigenvalue weighted by Crippen LogP contribution is 2.24. The first kappa shape index (κ1) is 9.65. The summed E-state index contributed by atoms with van der Waals surface area (Å²) in [6.45, 7) is 5.53. The average Bonchev–Trinajstić information content (AvgIpc) is 2.28. The van der Waals surface area contributed by atoms with Crippen LogP contribution >= 0.6 is 0 Å². The molecule has 12 heavy (non-hydrogen) atoms. The van der Waals surface area contributed by atoms with Crippen molar-refractivity contribution in [3.63, 3.8) is 0 Å². The van der Waals surface area contributed by atoms with E-state index >= 15 is 0 Å². The van der Waals surface area contributed by atoms with Gasteiger partial charge in [0.2, 0.25) is 0 Å². The normalized spacial score (nSPS) is 35.9. The van der Waals surface area contributed by atoms with Gasteiger partial charge in [-0.25, -0.2) is 4.39 Å². The number of nitrogens with one attached hydrogen (secondary N) is 1. The molecule has 1 aliphatic heterocycles. The Bertz CT molecular complexity index is 189. The van der Waals surface area contributed by atoms with Gasteiger partial charge in [0.1, 0.15) is 5.67 Å². The number of carbonyl (C=O) groups is 1. The van der Waals surface area contributed by atoms with Crippen molar-refractivity contribution < 1.29 is 9.18 Å². The molecule has 1 N–H and O–H groups in total. The van der Waals surface area contributed by atoms with E-state index in [-0.39, 0.29) is 17.7 Å². The third-order valence-corrected chi connectivity index (χ3v) is 2.26. The van der Waals surface area contributed by atoms with Gasteiger partial charge in [-0.15, -0.1) is 0 Å². The molecule has 0 amide bonds. The average molecular weight is 173 g/mol. The lowest BCUT2D eigenvalue weighted by Gasteiger charge is -2.12. The summed E-state index contributed by atoms with van der Waals surface area (Å²) >= 11 is 0. The minimum absolute atomic E-state index is 0.00333. The third kappa shape index (κ3) is 2.03. The zero-order valence-electron chi connectivity index (χ0n) is 7.86. The maximum atomic E-state index is 13.3. The second-order valence-electron chi connectivity index (χ2n) is 4.11. The summed E-state index contributed by atoms with van der Waals surface area (Å²) in [4.78, 5) is 11.4. The summed E-state index contributed by atoms with van der Waals surface area (Å²) in [5, 5.41) is 2.90. The zero-order chi connectivity index (χ0) is 9.35. The summed E-state index contributed by atoms with van der Waals surface area (Å²) in [5.74, 6) is 0.118. The Morgan fingerprint density at radius 2 is 2.25 bits per heavy atom. The molecule has 1 fully saturated rings. The number of hydrogen-bond donors (Lipinski definition) is 1. The fourth-order valence-corrected chi connectivity index (χ4v) is 1.51. The summed E-state index contributed by atoms with van der Waals surface area (Å²) in [6.07, 6.45) is 0.323. The lowest BCUT2D eigenvalue weighted by molar-refractivity contribution is -0.123. The molecule has 2 unspecified atom stereocenters. The van der Waals surface area contributed by atoms with Gasteiger partial charge in [-0.1, -0.05) is 13.8 Å². The van der Waals surface area contributed by atoms with Crippen LogP contribution in [-0.2, 0) is 4.79 Å². The van der Waals surface area contributed by atoms with Crippen LogP contribution in [0.15, 0.2) is 0 Å². The van der Waals surface area contributed by atoms with Crippen LogP contribution in [-0.4, -0.2) is 24.0 Å². The van der Waals surface area contributed by atoms with E-state index in [9.17, 15) is 9.18 Å². The van der Waals surface area contributed by atoms with E-state index in [1.807, 2.05) is 13.8 Å². The Morgan fingerprint density at radius 3 is 2.58 bits per heavy atom. The van der Waals surface area contributed by atoms with E-state index < -0.39 is 5.67 Å². The Balaban J connectivity index is 2.53. The van der Waals surface area contributed by atoms with Gasteiger partial charge in [0, 0.05) is 18.9 Å². The van der Waals surface area contributed by atoms with E-state index in [4.69, 9.17) is 0 Å². The SMILES string of the molecule is CC(C)C(=O)C1CC(C)(F)CN1. The minimum atomic E-state index is -1.20. The van der Waals surface area contributed by atoms with Gasteiger partial charge in [0.15, 0.2) is 5.78 Å². The maximum Gasteiger partial charge on any atom is 0.152 e. The molecule has 0 aromatic carbocycles. The Hall–Kier alpha value is -0.440. The molecule has 1 heterocycles. The first-order valence-electron chi connectivity index (χ1n) is 4.38. The van der Waals surface area contributed by atoms with Gasteiger partial charge >= 0.3 is 0 Å². The first-order chi connectivity index (χ1) is 5.42. The topological polar surface area (TPSA) is 29.1 Å². The summed E-state index contributed by atoms with van der Waals surface area (Å²) in [7, 11) is 0. The molecule has 70 valence electrons. The molecule has 0 spiro atoms. The van der Waals surface area contributed by atoms with Crippen molar-refractivity contribution in [1.82, 2.24) is 5.32 Å². The highest BCUT2D eigenvalue weighted by atomic mass is 19.1. The van der Waals surface area contributed by atoms with E-state index in [0.29, 0.717) is 13.0 Å². The zero-order valence-corrected chi connectivity index (χ0v) is 7.86. The number of halogens is 1. The second-order valence-corrected chi connectivity index (χ2v) is 4.11. The molecule has 0 bridgehead atoms. The van der Waals surface area contributed by atoms with Crippen LogP contribution in [0.4, 0.5) is 4.39 Å². The van der Waals surface area contributed by atoms with E-state index in [2.05, 4.69) is 5.32 Å². The van der Waals surface area contributed by atoms with Crippen molar-refractivity contribution >= 4 is 5.78 Å². The van der Waals surface area contributed by atoms with Crippen LogP contribution in [0, 0.1) is 5.92 Å². The summed E-state index contributed by atoms with van der Waals surface area (Å²) < 4.78 is 13.3. The molecular formula is C9H16FNO. The predicted molar refractivity (Wildman–Crippen MR) is 45.8 cm³/mol. The van der Waals surface area contributed by atoms with E-state index in [0.717, 1.165) is 0 Å². The number of alkyl halides is 1. The number of rotatable bonds is 2. The Morgan fingerprint density at radius 1 is 1.67 bits per heavy atom. The maximum absolute atomic E-state index is 13.3. The minimum Gasteiger partial charge on any atom is -0.304 e. The van der Waals surface area contributed by atoms with Crippen LogP contribution in [0.3, 0.4) is 0 Å². The van der Waals surface area contributed by atoms with Crippen molar-refractivity contribution in [3.05, 3.63) is 0 Å². The molecule has 1 aliphatic rings. The van der Waals surface area contributed by atoms with Crippen LogP contribution in [0.1, 0.15) is 27.2 Å². The van der Waals surface area contributed by atoms with Crippen molar-refractivity contribution in [2.45, 2.75) is 38.9 Å². The number of hydrogen-bond acceptors (Lipinski definition) is 2. The highest BCUT2D eigenvalue weighted by molar-refractivity contribution is 5.86. The fourth-order valence-electron chi connectivity index (χ4n) is 1.51. The molecule has 1 rings (SSSR count). The van der Waals surface area contributed by atoms with Crippen molar-refractivity contribution in [3.8, 4) is 0 Å². The molecule has 2 atom stereocenters. The van der Waals surface area contributed by atoms with Crippen LogP contribution in [0.25, 0.3) is 0 Å². The molecule has 0 aromatic rings. The summed E-state index contributed by atoms with van der Waals surface area (Å²) in [6, 6.07) is -0.264. The number of Topliss-reactive ketones (excluding diaryl/α,β-unsaturated/α-hetero) is 1. The third-order valence-electron chi connectivity index (χ3n) is 2.26. The van der Waals surface area contributed by atoms with Crippen molar-refractivity contribution in [1.29, 1.82) is 0 Å². The molecular weight excluding hydrogens is 157 g/mol. The summed E-state index contributed by atoms with van der Waals surface area (Å²) in [5.41, 5.74) is -1.20. The van der Waals surface area contributed by atoms with Crippen LogP contribution < -0.4 is 5.32 Å². The molecule has 0 aromatic heterocycles. The Labute approximate surface area is 72.5 Å². The molecule has 0 aliphatic carbocycles. The van der Waals surface area contributed by atoms with Crippen molar-refractivity contribution in [2.24, 2.45) is 5.92 Å². The Kier molecular flexibility index (Phi) is 2.52. The highest BCUT2D eigenvalue weighted by Gasteiger charge is 2.38. The largest absolute Gasteiger partial charge is 0.304 e. The quantitative estimate of drug-likeness (QED) is 0.682. The fraction of sp³-hybridized carbons (Fsp3) is 0.889. The first-order valence-corrected chi connectivity index (χ1v) is 4.38. The van der Waals surface area contributed by atoms with Gasteiger partial charge in [0.25, 0.3) is 0 Å². The van der Waals surface area contributed by atoms with Gasteiger partial charge in [-0.2, -0.15) is 0 Å². The smallest absolute Gasteiger partial charge is 0.152 e. The lowest BCUT2D eigenvalue weighted by Crippen LogP contribution is -2.33. The lowest BCUT2D eigenvalue weighted by atomic mass is 9.97. The number of carbonyl (C=O) groups excluding carboxylic acids is 1. The standard InChI is InChI=1S/C9H16FNO/c1-6(2)8(12)7-4-9(3,10)5-11-7/h6-7,11H,4-5H2,1-3H3. The van der Waals surface area contributed by atoms with Crippen LogP contribution in [0.2, 0.25) is 0 Å². The molecule has 2 nitrogen and oxygen atoms in total. The van der Waals surface area contributed by atoms with Crippen molar-refractivity contribution in [2.75, 3.05) is 6.54 Å². The van der Waals surface area contributed by atoms with E-state index in [1.165, 1.54) is 6.92 Å². The monoisotopic (exact) mass is 173 g/mol. The second kappa shape index (κ2) is 3.13. The van der Waals surface area contributed by atoms with Crippen LogP contribution in [0.5, 0.6) is 0 Å². The molecule has 1 saturated heterocycles. The number of ketones is 1. The van der Waals surface area contributed by atoms with E-state index in [1.54, 1.807) is 0 Å². The van der Waals surface area contributed by atoms with Gasteiger partial charge < -0.3 is 5.32 Å². The molecule has 0 saturated carbocycles. The van der Waals surface area contributed by atoms with Gasteiger partial charge in [-0.3, -0.25) is 4.79 Å². The molecule has 3 heteroatoms. The van der Waals surface area contributed by atoms with Gasteiger partial charge in [-0.05, 0) is 6.92 Å². The van der Waals surface area contributed by atoms with Gasteiger partial charge in [0.05, 0.1) is 6.04 Å².